The quantitative estimate of drug-likeness (QED) is 0.175. The van der Waals surface area contributed by atoms with E-state index in [0.29, 0.717) is 17.5 Å². The van der Waals surface area contributed by atoms with Crippen molar-refractivity contribution in [2.75, 3.05) is 0 Å². The van der Waals surface area contributed by atoms with Gasteiger partial charge < -0.3 is 0 Å². The van der Waals surface area contributed by atoms with E-state index in [1.54, 1.807) is 0 Å². The van der Waals surface area contributed by atoms with Gasteiger partial charge in [0.05, 0.1) is 0 Å². The molecule has 0 saturated carbocycles. The van der Waals surface area contributed by atoms with E-state index >= 15 is 0 Å². The van der Waals surface area contributed by atoms with Crippen LogP contribution in [-0.4, -0.2) is 23.0 Å². The van der Waals surface area contributed by atoms with Gasteiger partial charge in [-0.3, -0.25) is 0 Å². The maximum Gasteiger partial charge on any atom is 0.164 e. The fourth-order valence-corrected chi connectivity index (χ4v) is 12.0. The summed E-state index contributed by atoms with van der Waals surface area (Å²) in [5, 5.41) is 7.83. The lowest BCUT2D eigenvalue weighted by Gasteiger charge is -2.19. The fourth-order valence-electron chi connectivity index (χ4n) is 7.74. The number of aromatic nitrogens is 3. The summed E-state index contributed by atoms with van der Waals surface area (Å²) >= 11 is 1.81. The van der Waals surface area contributed by atoms with Crippen molar-refractivity contribution in [1.82, 2.24) is 15.0 Å². The summed E-state index contributed by atoms with van der Waals surface area (Å²) in [4.78, 5) is 15.6. The second-order valence-electron chi connectivity index (χ2n) is 13.7. The first-order chi connectivity index (χ1) is 24.5. The molecule has 1 aliphatic heterocycles. The summed E-state index contributed by atoms with van der Waals surface area (Å²) in [6.45, 7) is 4.90. The van der Waals surface area contributed by atoms with Crippen LogP contribution in [0.2, 0.25) is 13.1 Å². The van der Waals surface area contributed by atoms with Crippen LogP contribution in [0.15, 0.2) is 152 Å². The molecule has 0 radical (unpaired) electrons. The number of nitrogens with zero attached hydrogens (tertiary/aromatic N) is 3. The average Bonchev–Trinajstić information content (AvgIpc) is 3.66. The van der Waals surface area contributed by atoms with Crippen LogP contribution >= 0.6 is 11.3 Å². The van der Waals surface area contributed by atoms with E-state index in [2.05, 4.69) is 165 Å². The van der Waals surface area contributed by atoms with Crippen LogP contribution < -0.4 is 10.4 Å². The van der Waals surface area contributed by atoms with Gasteiger partial charge in [0, 0.05) is 36.9 Å². The van der Waals surface area contributed by atoms with E-state index in [-0.39, 0.29) is 0 Å². The molecule has 3 nitrogen and oxygen atoms in total. The zero-order chi connectivity index (χ0) is 33.4. The summed E-state index contributed by atoms with van der Waals surface area (Å²) in [6.07, 6.45) is 0. The van der Waals surface area contributed by atoms with Crippen molar-refractivity contribution in [3.8, 4) is 56.4 Å². The third-order valence-corrected chi connectivity index (χ3v) is 15.0. The maximum atomic E-state index is 5.25. The minimum absolute atomic E-state index is 0.673. The number of rotatable bonds is 4. The Balaban J connectivity index is 1.14. The summed E-state index contributed by atoms with van der Waals surface area (Å²) in [5.41, 5.74) is 8.07. The van der Waals surface area contributed by atoms with Gasteiger partial charge in [-0.2, -0.15) is 0 Å². The Hall–Kier alpha value is -5.75. The molecule has 0 saturated heterocycles. The molecule has 0 N–H and O–H groups in total. The van der Waals surface area contributed by atoms with Crippen LogP contribution in [0.25, 0.3) is 87.4 Å². The van der Waals surface area contributed by atoms with Gasteiger partial charge >= 0.3 is 0 Å². The minimum atomic E-state index is -1.88. The molecule has 0 unspecified atom stereocenters. The summed E-state index contributed by atoms with van der Waals surface area (Å²) in [5.74, 6) is 2.06. The van der Waals surface area contributed by atoms with Gasteiger partial charge in [0.25, 0.3) is 0 Å². The molecule has 5 heteroatoms. The van der Waals surface area contributed by atoms with Crippen LogP contribution in [-0.2, 0) is 0 Å². The third kappa shape index (κ3) is 4.58. The van der Waals surface area contributed by atoms with E-state index in [9.17, 15) is 0 Å². The summed E-state index contributed by atoms with van der Waals surface area (Å²) in [6, 6.07) is 54.6. The summed E-state index contributed by atoms with van der Waals surface area (Å²) in [7, 11) is -1.88. The SMILES string of the molecule is C[Si]1(C)c2ccccc2-c2ccc(-c3nc(-c4ccc(-c5ccc6ccccc6c5)cc4)nc(-c4cccc5sc6ccccc6c45)n3)cc21. The number of hydrogen-bond donors (Lipinski definition) is 0. The Morgan fingerprint density at radius 3 is 1.92 bits per heavy atom. The Bertz CT molecular complexity index is 2800. The van der Waals surface area contributed by atoms with Crippen LogP contribution in [0.3, 0.4) is 0 Å². The number of fused-ring (bicyclic) bond motifs is 7. The lowest BCUT2D eigenvalue weighted by Crippen LogP contribution is -2.49. The predicted molar refractivity (Wildman–Crippen MR) is 214 cm³/mol. The molecule has 1 aliphatic rings. The van der Waals surface area contributed by atoms with E-state index in [0.717, 1.165) is 22.3 Å². The first-order valence-electron chi connectivity index (χ1n) is 17.0. The smallest absolute Gasteiger partial charge is 0.164 e. The number of hydrogen-bond acceptors (Lipinski definition) is 4. The molecular formula is C45H31N3SSi. The first kappa shape index (κ1) is 29.2. The molecule has 10 rings (SSSR count). The largest absolute Gasteiger partial charge is 0.208 e. The second kappa shape index (κ2) is 11.1. The van der Waals surface area contributed by atoms with Crippen molar-refractivity contribution in [3.05, 3.63) is 152 Å². The van der Waals surface area contributed by atoms with Gasteiger partial charge in [-0.05, 0) is 61.6 Å². The van der Waals surface area contributed by atoms with Gasteiger partial charge in [-0.25, -0.2) is 15.0 Å². The lowest BCUT2D eigenvalue weighted by atomic mass is 10.00. The van der Waals surface area contributed by atoms with Crippen LogP contribution in [0.4, 0.5) is 0 Å². The van der Waals surface area contributed by atoms with Crippen LogP contribution in [0.1, 0.15) is 0 Å². The summed E-state index contributed by atoms with van der Waals surface area (Å²) < 4.78 is 2.49. The van der Waals surface area contributed by atoms with Crippen LogP contribution in [0, 0.1) is 0 Å². The second-order valence-corrected chi connectivity index (χ2v) is 19.1. The topological polar surface area (TPSA) is 38.7 Å². The minimum Gasteiger partial charge on any atom is -0.208 e. The van der Waals surface area contributed by atoms with Crippen molar-refractivity contribution in [2.45, 2.75) is 13.1 Å². The fraction of sp³-hybridized carbons (Fsp3) is 0.0444. The normalized spacial score (nSPS) is 13.2. The average molecular weight is 674 g/mol. The molecule has 2 aromatic heterocycles. The zero-order valence-corrected chi connectivity index (χ0v) is 29.5. The van der Waals surface area contributed by atoms with E-state index in [4.69, 9.17) is 15.0 Å². The maximum absolute atomic E-state index is 5.25. The highest BCUT2D eigenvalue weighted by Crippen LogP contribution is 2.40. The highest BCUT2D eigenvalue weighted by atomic mass is 32.1. The molecular weight excluding hydrogens is 643 g/mol. The van der Waals surface area contributed by atoms with Crippen LogP contribution in [0.5, 0.6) is 0 Å². The molecule has 0 aliphatic carbocycles. The molecule has 0 spiro atoms. The standard InChI is InChI=1S/C45H31N3SSi/c1-50(2)40-17-8-6-12-34(40)35-25-24-33(27-41(35)50)44-46-43(30-21-18-29(19-22-30)32-23-20-28-10-3-4-11-31(28)26-32)47-45(48-44)37-14-9-16-39-42(37)36-13-5-7-15-38(36)49-39/h3-27H,1-2H3. The highest BCUT2D eigenvalue weighted by molar-refractivity contribution is 7.25. The Kier molecular flexibility index (Phi) is 6.50. The van der Waals surface area contributed by atoms with Gasteiger partial charge in [0.15, 0.2) is 17.5 Å². The Morgan fingerprint density at radius 2 is 1.04 bits per heavy atom. The van der Waals surface area contributed by atoms with Gasteiger partial charge in [-0.15, -0.1) is 11.3 Å². The van der Waals surface area contributed by atoms with Crippen molar-refractivity contribution >= 4 is 60.7 Å². The van der Waals surface area contributed by atoms with E-state index < -0.39 is 8.07 Å². The van der Waals surface area contributed by atoms with E-state index in [1.165, 1.54) is 58.0 Å². The molecule has 3 heterocycles. The van der Waals surface area contributed by atoms with Gasteiger partial charge in [-0.1, -0.05) is 147 Å². The van der Waals surface area contributed by atoms with E-state index in [1.807, 2.05) is 11.3 Å². The Morgan fingerprint density at radius 1 is 0.420 bits per heavy atom. The van der Waals surface area contributed by atoms with Crippen molar-refractivity contribution in [3.63, 3.8) is 0 Å². The molecule has 236 valence electrons. The molecule has 50 heavy (non-hydrogen) atoms. The van der Waals surface area contributed by atoms with Crippen molar-refractivity contribution in [1.29, 1.82) is 0 Å². The zero-order valence-electron chi connectivity index (χ0n) is 27.7. The molecule has 0 atom stereocenters. The molecule has 0 bridgehead atoms. The van der Waals surface area contributed by atoms with Gasteiger partial charge in [0.2, 0.25) is 0 Å². The van der Waals surface area contributed by atoms with Gasteiger partial charge in [0.1, 0.15) is 8.07 Å². The number of benzene rings is 7. The Labute approximate surface area is 295 Å². The van der Waals surface area contributed by atoms with Crippen molar-refractivity contribution in [2.24, 2.45) is 0 Å². The third-order valence-electron chi connectivity index (χ3n) is 10.3. The molecule has 9 aromatic rings. The predicted octanol–water partition coefficient (Wildman–Crippen LogP) is 10.9. The first-order valence-corrected chi connectivity index (χ1v) is 20.8. The lowest BCUT2D eigenvalue weighted by molar-refractivity contribution is 1.08. The molecule has 0 amide bonds. The number of thiophene rings is 1. The molecule has 7 aromatic carbocycles. The molecule has 0 fully saturated rings. The monoisotopic (exact) mass is 673 g/mol. The highest BCUT2D eigenvalue weighted by Gasteiger charge is 2.37. The van der Waals surface area contributed by atoms with Crippen molar-refractivity contribution < 1.29 is 0 Å².